The molecule has 0 aliphatic carbocycles. The van der Waals surface area contributed by atoms with Gasteiger partial charge in [0.15, 0.2) is 0 Å². The van der Waals surface area contributed by atoms with Gasteiger partial charge in [-0.05, 0) is 61.6 Å². The van der Waals surface area contributed by atoms with Gasteiger partial charge < -0.3 is 43.5 Å². The topological polar surface area (TPSA) is 240 Å². The molecule has 0 saturated heterocycles. The summed E-state index contributed by atoms with van der Waals surface area (Å²) in [4.78, 5) is 74.3. The summed E-state index contributed by atoms with van der Waals surface area (Å²) < 4.78 is 0. The molecule has 1 aromatic heterocycles. The van der Waals surface area contributed by atoms with Crippen molar-refractivity contribution in [3.63, 3.8) is 0 Å². The third kappa shape index (κ3) is 11.7. The molecule has 1 unspecified atom stereocenters. The predicted molar refractivity (Wildman–Crippen MR) is 198 cm³/mol. The van der Waals surface area contributed by atoms with Crippen molar-refractivity contribution in [2.24, 2.45) is 17.2 Å². The predicted octanol–water partition coefficient (Wildman–Crippen LogP) is 0.882. The van der Waals surface area contributed by atoms with Crippen LogP contribution in [0, 0.1) is 0 Å². The number of amides is 5. The number of carbonyl (C=O) groups is 5. The van der Waals surface area contributed by atoms with Gasteiger partial charge in [-0.15, -0.1) is 0 Å². The van der Waals surface area contributed by atoms with E-state index in [0.717, 1.165) is 21.9 Å². The molecule has 1 heterocycles. The van der Waals surface area contributed by atoms with Gasteiger partial charge in [0, 0.05) is 25.5 Å². The zero-order valence-electron chi connectivity index (χ0n) is 29.6. The second kappa shape index (κ2) is 18.6. The molecule has 0 radical (unpaired) electrons. The molecule has 0 fully saturated rings. The molecular weight excluding hydrogens is 662 g/mol. The van der Waals surface area contributed by atoms with E-state index in [1.807, 2.05) is 72.8 Å². The minimum absolute atomic E-state index is 0.0131. The Kier molecular flexibility index (Phi) is 14.0. The van der Waals surface area contributed by atoms with Crippen LogP contribution in [0.3, 0.4) is 0 Å². The van der Waals surface area contributed by atoms with Crippen LogP contribution in [-0.2, 0) is 43.2 Å². The van der Waals surface area contributed by atoms with E-state index in [4.69, 9.17) is 17.2 Å². The minimum Gasteiger partial charge on any atom is -0.368 e. The number of rotatable bonds is 19. The standard InChI is InChI=1S/C38H49N9O5/c1-38(2,41)37(52)47-32(21-28-22-42-23-43-28)36(51)46-31(20-25-15-16-26-12-6-7-13-27(26)18-25)35(50)45-30(19-24-10-4-3-5-11-24)34(49)44-29(33(40)48)14-8-9-17-39/h3-7,10-13,15-16,18,22-23,29-32H,8-9,14,17,19-21,39,41H2,1-2H3,(H2,40,48)(H,42,43)(H,44,49)(H,45,50)(H,46,51)(H,47,52)/t29?,30-,31-,32+/m1/s1. The first kappa shape index (κ1) is 39.2. The highest BCUT2D eigenvalue weighted by atomic mass is 16.2. The van der Waals surface area contributed by atoms with Crippen molar-refractivity contribution >= 4 is 40.3 Å². The van der Waals surface area contributed by atoms with E-state index in [1.165, 1.54) is 20.2 Å². The van der Waals surface area contributed by atoms with E-state index in [-0.39, 0.29) is 25.7 Å². The second-order valence-corrected chi connectivity index (χ2v) is 13.5. The van der Waals surface area contributed by atoms with Crippen LogP contribution in [-0.4, -0.2) is 75.8 Å². The summed E-state index contributed by atoms with van der Waals surface area (Å²) in [5, 5.41) is 13.0. The van der Waals surface area contributed by atoms with Gasteiger partial charge in [0.25, 0.3) is 0 Å². The highest BCUT2D eigenvalue weighted by Crippen LogP contribution is 2.17. The van der Waals surface area contributed by atoms with Gasteiger partial charge in [-0.1, -0.05) is 72.8 Å². The molecule has 0 aliphatic rings. The lowest BCUT2D eigenvalue weighted by Gasteiger charge is -2.27. The summed E-state index contributed by atoms with van der Waals surface area (Å²) >= 11 is 0. The van der Waals surface area contributed by atoms with Crippen LogP contribution in [0.4, 0.5) is 0 Å². The Morgan fingerprint density at radius 3 is 1.87 bits per heavy atom. The first-order valence-corrected chi connectivity index (χ1v) is 17.3. The molecule has 4 atom stereocenters. The monoisotopic (exact) mass is 711 g/mol. The van der Waals surface area contributed by atoms with Crippen molar-refractivity contribution in [2.75, 3.05) is 6.54 Å². The number of nitrogens with zero attached hydrogens (tertiary/aromatic N) is 1. The van der Waals surface area contributed by atoms with Crippen molar-refractivity contribution in [2.45, 2.75) is 82.1 Å². The number of nitrogens with two attached hydrogens (primary N) is 3. The summed E-state index contributed by atoms with van der Waals surface area (Å²) in [5.41, 5.74) is 18.0. The van der Waals surface area contributed by atoms with Gasteiger partial charge in [-0.2, -0.15) is 0 Å². The lowest BCUT2D eigenvalue weighted by molar-refractivity contribution is -0.134. The number of H-pyrrole nitrogens is 1. The molecule has 0 aliphatic heterocycles. The summed E-state index contributed by atoms with van der Waals surface area (Å²) in [5.74, 6) is -3.20. The van der Waals surface area contributed by atoms with Crippen LogP contribution in [0.15, 0.2) is 85.3 Å². The van der Waals surface area contributed by atoms with Crippen LogP contribution >= 0.6 is 0 Å². The zero-order chi connectivity index (χ0) is 37.7. The zero-order valence-corrected chi connectivity index (χ0v) is 29.6. The number of carbonyl (C=O) groups excluding carboxylic acids is 5. The van der Waals surface area contributed by atoms with Gasteiger partial charge in [-0.3, -0.25) is 24.0 Å². The Morgan fingerprint density at radius 1 is 0.712 bits per heavy atom. The number of benzene rings is 3. The molecule has 3 aromatic carbocycles. The third-order valence-electron chi connectivity index (χ3n) is 8.58. The van der Waals surface area contributed by atoms with Crippen molar-refractivity contribution in [3.05, 3.63) is 102 Å². The molecule has 0 spiro atoms. The first-order valence-electron chi connectivity index (χ1n) is 17.3. The molecule has 14 heteroatoms. The average molecular weight is 712 g/mol. The summed E-state index contributed by atoms with van der Waals surface area (Å²) in [6, 6.07) is 18.1. The molecule has 14 nitrogen and oxygen atoms in total. The maximum Gasteiger partial charge on any atom is 0.243 e. The largest absolute Gasteiger partial charge is 0.368 e. The first-order chi connectivity index (χ1) is 24.8. The van der Waals surface area contributed by atoms with Gasteiger partial charge in [0.2, 0.25) is 29.5 Å². The van der Waals surface area contributed by atoms with Gasteiger partial charge >= 0.3 is 0 Å². The van der Waals surface area contributed by atoms with Crippen LogP contribution in [0.1, 0.15) is 49.9 Å². The van der Waals surface area contributed by atoms with Crippen molar-refractivity contribution in [3.8, 4) is 0 Å². The number of hydrogen-bond acceptors (Lipinski definition) is 8. The summed E-state index contributed by atoms with van der Waals surface area (Å²) in [7, 11) is 0. The van der Waals surface area contributed by atoms with Crippen LogP contribution < -0.4 is 38.5 Å². The van der Waals surface area contributed by atoms with Gasteiger partial charge in [-0.25, -0.2) is 4.98 Å². The Hall–Kier alpha value is -5.60. The number of aromatic nitrogens is 2. The van der Waals surface area contributed by atoms with E-state index in [1.54, 1.807) is 6.20 Å². The SMILES string of the molecule is CC(C)(N)C(=O)N[C@@H](Cc1c[nH]cn1)C(=O)N[C@H](Cc1ccc2ccccc2c1)C(=O)N[C@H](Cc1ccccc1)C(=O)NC(CCCCN)C(N)=O. The lowest BCUT2D eigenvalue weighted by Crippen LogP contribution is -2.60. The number of imidazole rings is 1. The van der Waals surface area contributed by atoms with Crippen LogP contribution in [0.25, 0.3) is 10.8 Å². The molecule has 11 N–H and O–H groups in total. The average Bonchev–Trinajstić information content (AvgIpc) is 3.63. The minimum atomic E-state index is -1.29. The van der Waals surface area contributed by atoms with Crippen LogP contribution in [0.2, 0.25) is 0 Å². The normalized spacial score (nSPS) is 13.7. The van der Waals surface area contributed by atoms with E-state index in [2.05, 4.69) is 31.2 Å². The third-order valence-corrected chi connectivity index (χ3v) is 8.58. The smallest absolute Gasteiger partial charge is 0.243 e. The van der Waals surface area contributed by atoms with Crippen molar-refractivity contribution in [1.29, 1.82) is 0 Å². The fourth-order valence-electron chi connectivity index (χ4n) is 5.63. The fourth-order valence-corrected chi connectivity index (χ4v) is 5.63. The maximum atomic E-state index is 14.3. The number of nitrogens with one attached hydrogen (secondary N) is 5. The molecule has 4 aromatic rings. The van der Waals surface area contributed by atoms with E-state index in [9.17, 15) is 24.0 Å². The highest BCUT2D eigenvalue weighted by molar-refractivity contribution is 5.96. The summed E-state index contributed by atoms with van der Waals surface area (Å²) in [6.45, 7) is 3.45. The van der Waals surface area contributed by atoms with Crippen molar-refractivity contribution < 1.29 is 24.0 Å². The number of fused-ring (bicyclic) bond motifs is 1. The number of unbranched alkanes of at least 4 members (excludes halogenated alkanes) is 1. The molecule has 0 bridgehead atoms. The van der Waals surface area contributed by atoms with Crippen molar-refractivity contribution in [1.82, 2.24) is 31.2 Å². The lowest BCUT2D eigenvalue weighted by atomic mass is 9.99. The Labute approximate surface area is 303 Å². The fraction of sp³-hybridized carbons (Fsp3) is 0.368. The number of aromatic amines is 1. The molecule has 276 valence electrons. The maximum absolute atomic E-state index is 14.3. The molecular formula is C38H49N9O5. The van der Waals surface area contributed by atoms with Gasteiger partial charge in [0.05, 0.1) is 17.6 Å². The quantitative estimate of drug-likeness (QED) is 0.0648. The van der Waals surface area contributed by atoms with E-state index in [0.29, 0.717) is 25.1 Å². The second-order valence-electron chi connectivity index (χ2n) is 13.5. The van der Waals surface area contributed by atoms with Gasteiger partial charge in [0.1, 0.15) is 24.2 Å². The molecule has 0 saturated carbocycles. The Morgan fingerprint density at radius 2 is 1.29 bits per heavy atom. The van der Waals surface area contributed by atoms with E-state index < -0.39 is 59.2 Å². The summed E-state index contributed by atoms with van der Waals surface area (Å²) in [6.07, 6.45) is 4.70. The Bertz CT molecular complexity index is 1810. The molecule has 4 rings (SSSR count). The number of primary amides is 1. The Balaban J connectivity index is 1.65. The molecule has 5 amide bonds. The number of hydrogen-bond donors (Lipinski definition) is 8. The van der Waals surface area contributed by atoms with E-state index >= 15 is 0 Å². The molecule has 52 heavy (non-hydrogen) atoms. The highest BCUT2D eigenvalue weighted by Gasteiger charge is 2.33. The van der Waals surface area contributed by atoms with Crippen LogP contribution in [0.5, 0.6) is 0 Å².